The lowest BCUT2D eigenvalue weighted by Crippen LogP contribution is -2.14. The Morgan fingerprint density at radius 2 is 1.93 bits per heavy atom. The van der Waals surface area contributed by atoms with Crippen LogP contribution in [0, 0.1) is 5.82 Å². The number of ketones is 1. The number of rotatable bonds is 5. The van der Waals surface area contributed by atoms with Gasteiger partial charge in [-0.1, -0.05) is 36.0 Å². The summed E-state index contributed by atoms with van der Waals surface area (Å²) in [6.07, 6.45) is 3.31. The van der Waals surface area contributed by atoms with Crippen molar-refractivity contribution in [1.29, 1.82) is 0 Å². The molecule has 0 amide bonds. The van der Waals surface area contributed by atoms with Crippen LogP contribution >= 0.6 is 11.8 Å². The fraction of sp³-hybridized carbons (Fsp3) is 0.286. The third-order valence-electron chi connectivity index (χ3n) is 4.98. The molecule has 4 rings (SSSR count). The van der Waals surface area contributed by atoms with Gasteiger partial charge in [0.15, 0.2) is 16.8 Å². The van der Waals surface area contributed by atoms with Crippen molar-refractivity contribution in [1.82, 2.24) is 14.8 Å². The summed E-state index contributed by atoms with van der Waals surface area (Å²) >= 11 is 1.35. The summed E-state index contributed by atoms with van der Waals surface area (Å²) in [4.78, 5) is 12.9. The average Bonchev–Trinajstić information content (AvgIpc) is 3.28. The molecule has 1 heterocycles. The van der Waals surface area contributed by atoms with Crippen LogP contribution < -0.4 is 0 Å². The van der Waals surface area contributed by atoms with E-state index in [4.69, 9.17) is 0 Å². The monoisotopic (exact) mass is 381 g/mol. The number of hydrogen-bond acceptors (Lipinski definition) is 4. The van der Waals surface area contributed by atoms with Gasteiger partial charge < -0.3 is 4.57 Å². The SMILES string of the molecule is C[C@H](Sc1nnc(-c2ccccc2F)n1C)C(=O)c1ccc2c(c1)CCC2. The first-order chi connectivity index (χ1) is 13.0. The normalized spacial score (nSPS) is 14.2. The minimum absolute atomic E-state index is 0.0742. The van der Waals surface area contributed by atoms with E-state index in [9.17, 15) is 9.18 Å². The fourth-order valence-corrected chi connectivity index (χ4v) is 4.36. The number of thioether (sulfide) groups is 1. The zero-order valence-electron chi connectivity index (χ0n) is 15.3. The summed E-state index contributed by atoms with van der Waals surface area (Å²) in [6, 6.07) is 12.5. The number of benzene rings is 2. The van der Waals surface area contributed by atoms with Crippen molar-refractivity contribution >= 4 is 17.5 Å². The zero-order chi connectivity index (χ0) is 19.0. The highest BCUT2D eigenvalue weighted by Gasteiger charge is 2.22. The second kappa shape index (κ2) is 7.27. The third-order valence-corrected chi connectivity index (χ3v) is 6.12. The fourth-order valence-electron chi connectivity index (χ4n) is 3.47. The molecule has 0 fully saturated rings. The number of carbonyl (C=O) groups excluding carboxylic acids is 1. The molecule has 0 aliphatic heterocycles. The Morgan fingerprint density at radius 1 is 1.15 bits per heavy atom. The van der Waals surface area contributed by atoms with E-state index in [-0.39, 0.29) is 16.9 Å². The van der Waals surface area contributed by atoms with Gasteiger partial charge in [0, 0.05) is 12.6 Å². The van der Waals surface area contributed by atoms with E-state index in [0.29, 0.717) is 16.5 Å². The molecule has 2 aromatic carbocycles. The van der Waals surface area contributed by atoms with E-state index in [0.717, 1.165) is 24.8 Å². The Bertz CT molecular complexity index is 1010. The molecular formula is C21H20FN3OS. The molecule has 0 spiro atoms. The van der Waals surface area contributed by atoms with Crippen LogP contribution in [0.15, 0.2) is 47.6 Å². The predicted octanol–water partition coefficient (Wildman–Crippen LogP) is 4.47. The molecule has 3 aromatic rings. The van der Waals surface area contributed by atoms with Crippen molar-refractivity contribution in [3.05, 3.63) is 65.0 Å². The summed E-state index contributed by atoms with van der Waals surface area (Å²) < 4.78 is 15.8. The van der Waals surface area contributed by atoms with Crippen molar-refractivity contribution in [2.24, 2.45) is 7.05 Å². The quantitative estimate of drug-likeness (QED) is 0.483. The number of carbonyl (C=O) groups is 1. The lowest BCUT2D eigenvalue weighted by molar-refractivity contribution is 0.0993. The van der Waals surface area contributed by atoms with E-state index >= 15 is 0 Å². The van der Waals surface area contributed by atoms with E-state index in [2.05, 4.69) is 16.3 Å². The van der Waals surface area contributed by atoms with Crippen LogP contribution in [0.5, 0.6) is 0 Å². The minimum atomic E-state index is -0.341. The largest absolute Gasteiger partial charge is 0.305 e. The van der Waals surface area contributed by atoms with E-state index < -0.39 is 0 Å². The van der Waals surface area contributed by atoms with Crippen LogP contribution in [-0.2, 0) is 19.9 Å². The maximum Gasteiger partial charge on any atom is 0.191 e. The smallest absolute Gasteiger partial charge is 0.191 e. The number of aromatic nitrogens is 3. The van der Waals surface area contributed by atoms with Crippen molar-refractivity contribution < 1.29 is 9.18 Å². The lowest BCUT2D eigenvalue weighted by Gasteiger charge is -2.11. The molecule has 0 radical (unpaired) electrons. The molecule has 0 saturated carbocycles. The van der Waals surface area contributed by atoms with Gasteiger partial charge >= 0.3 is 0 Å². The van der Waals surface area contributed by atoms with Gasteiger partial charge in [0.05, 0.1) is 10.8 Å². The Labute approximate surface area is 161 Å². The third kappa shape index (κ3) is 3.41. The standard InChI is InChI=1S/C21H20FN3OS/c1-13(19(26)16-11-10-14-6-5-7-15(14)12-16)27-21-24-23-20(25(21)2)17-8-3-4-9-18(17)22/h3-4,8-13H,5-7H2,1-2H3/t13-/m0/s1. The average molecular weight is 381 g/mol. The number of nitrogens with zero attached hydrogens (tertiary/aromatic N) is 3. The summed E-state index contributed by atoms with van der Waals surface area (Å²) in [5, 5.41) is 8.57. The first-order valence-electron chi connectivity index (χ1n) is 9.01. The van der Waals surface area contributed by atoms with Crippen molar-refractivity contribution in [2.75, 3.05) is 0 Å². The summed E-state index contributed by atoms with van der Waals surface area (Å²) in [5.41, 5.74) is 3.79. The van der Waals surface area contributed by atoms with Crippen molar-refractivity contribution in [3.63, 3.8) is 0 Å². The van der Waals surface area contributed by atoms with Crippen LogP contribution in [0.3, 0.4) is 0 Å². The van der Waals surface area contributed by atoms with Gasteiger partial charge in [0.25, 0.3) is 0 Å². The zero-order valence-corrected chi connectivity index (χ0v) is 16.1. The van der Waals surface area contributed by atoms with Crippen LogP contribution in [-0.4, -0.2) is 25.8 Å². The molecule has 27 heavy (non-hydrogen) atoms. The van der Waals surface area contributed by atoms with Crippen molar-refractivity contribution in [2.45, 2.75) is 36.6 Å². The van der Waals surface area contributed by atoms with Gasteiger partial charge in [0.2, 0.25) is 0 Å². The number of fused-ring (bicyclic) bond motifs is 1. The van der Waals surface area contributed by atoms with E-state index in [1.807, 2.05) is 19.1 Å². The number of Topliss-reactive ketones (excluding diaryl/α,β-unsaturated/α-hetero) is 1. The Hall–Kier alpha value is -2.47. The topological polar surface area (TPSA) is 47.8 Å². The highest BCUT2D eigenvalue weighted by atomic mass is 32.2. The molecule has 1 atom stereocenters. The molecule has 0 unspecified atom stereocenters. The molecule has 0 N–H and O–H groups in total. The minimum Gasteiger partial charge on any atom is -0.305 e. The lowest BCUT2D eigenvalue weighted by atomic mass is 10.0. The van der Waals surface area contributed by atoms with Gasteiger partial charge in [-0.3, -0.25) is 4.79 Å². The van der Waals surface area contributed by atoms with Gasteiger partial charge in [-0.25, -0.2) is 4.39 Å². The van der Waals surface area contributed by atoms with Crippen LogP contribution in [0.4, 0.5) is 4.39 Å². The van der Waals surface area contributed by atoms with Gasteiger partial charge in [-0.15, -0.1) is 10.2 Å². The maximum absolute atomic E-state index is 14.0. The summed E-state index contributed by atoms with van der Waals surface area (Å²) in [6.45, 7) is 1.87. The maximum atomic E-state index is 14.0. The number of aryl methyl sites for hydroxylation is 2. The van der Waals surface area contributed by atoms with Gasteiger partial charge in [0.1, 0.15) is 5.82 Å². The molecule has 4 nitrogen and oxygen atoms in total. The molecule has 138 valence electrons. The molecule has 1 aliphatic rings. The Kier molecular flexibility index (Phi) is 4.83. The number of halogens is 1. The molecule has 6 heteroatoms. The summed E-state index contributed by atoms with van der Waals surface area (Å²) in [5.74, 6) is 0.185. The van der Waals surface area contributed by atoms with E-state index in [1.54, 1.807) is 29.8 Å². The molecule has 1 aromatic heterocycles. The Balaban J connectivity index is 1.54. The first-order valence-corrected chi connectivity index (χ1v) is 9.89. The second-order valence-corrected chi connectivity index (χ2v) is 8.11. The first kappa shape index (κ1) is 17.9. The predicted molar refractivity (Wildman–Crippen MR) is 105 cm³/mol. The summed E-state index contributed by atoms with van der Waals surface area (Å²) in [7, 11) is 1.79. The molecule has 0 saturated heterocycles. The molecule has 1 aliphatic carbocycles. The highest BCUT2D eigenvalue weighted by molar-refractivity contribution is 8.00. The Morgan fingerprint density at radius 3 is 2.74 bits per heavy atom. The highest BCUT2D eigenvalue weighted by Crippen LogP contribution is 2.29. The van der Waals surface area contributed by atoms with Crippen molar-refractivity contribution in [3.8, 4) is 11.4 Å². The number of hydrogen-bond donors (Lipinski definition) is 0. The van der Waals surface area contributed by atoms with Crippen LogP contribution in [0.1, 0.15) is 34.8 Å². The van der Waals surface area contributed by atoms with Gasteiger partial charge in [-0.2, -0.15) is 0 Å². The molecule has 0 bridgehead atoms. The molecular weight excluding hydrogens is 361 g/mol. The van der Waals surface area contributed by atoms with Crippen LogP contribution in [0.25, 0.3) is 11.4 Å². The second-order valence-electron chi connectivity index (χ2n) is 6.81. The van der Waals surface area contributed by atoms with Crippen LogP contribution in [0.2, 0.25) is 0 Å². The van der Waals surface area contributed by atoms with Gasteiger partial charge in [-0.05, 0) is 55.5 Å². The van der Waals surface area contributed by atoms with E-state index in [1.165, 1.54) is 29.0 Å².